The summed E-state index contributed by atoms with van der Waals surface area (Å²) in [7, 11) is 1.53. The van der Waals surface area contributed by atoms with Crippen molar-refractivity contribution in [1.29, 1.82) is 0 Å². The zero-order chi connectivity index (χ0) is 20.0. The molecule has 0 saturated carbocycles. The van der Waals surface area contributed by atoms with Crippen molar-refractivity contribution in [1.82, 2.24) is 10.6 Å². The van der Waals surface area contributed by atoms with E-state index in [-0.39, 0.29) is 18.2 Å². The average molecular weight is 380 g/mol. The Morgan fingerprint density at radius 2 is 1.70 bits per heavy atom. The standard InChI is InChI=1S/C19H19F3N2O3/c1-12(15-5-3-4-6-16(15)27-2)24-17(25)11-23-18(26)13-7-9-14(10-8-13)19(20,21)22/h3-10,12H,11H2,1-2H3,(H,23,26)(H,24,25)/t12-/m1/s1. The highest BCUT2D eigenvalue weighted by molar-refractivity contribution is 5.96. The Kier molecular flexibility index (Phi) is 6.44. The van der Waals surface area contributed by atoms with Crippen LogP contribution in [0.1, 0.15) is 34.5 Å². The van der Waals surface area contributed by atoms with Gasteiger partial charge in [0.15, 0.2) is 0 Å². The van der Waals surface area contributed by atoms with Crippen molar-refractivity contribution < 1.29 is 27.5 Å². The number of hydrogen-bond acceptors (Lipinski definition) is 3. The van der Waals surface area contributed by atoms with Crippen LogP contribution in [0, 0.1) is 0 Å². The van der Waals surface area contributed by atoms with Crippen LogP contribution in [0.4, 0.5) is 13.2 Å². The second-order valence-corrected chi connectivity index (χ2v) is 5.79. The average Bonchev–Trinajstić information content (AvgIpc) is 2.65. The molecule has 0 saturated heterocycles. The molecule has 2 aromatic carbocycles. The Morgan fingerprint density at radius 1 is 1.07 bits per heavy atom. The van der Waals surface area contributed by atoms with Crippen LogP contribution < -0.4 is 15.4 Å². The van der Waals surface area contributed by atoms with Gasteiger partial charge in [-0.25, -0.2) is 0 Å². The fourth-order valence-corrected chi connectivity index (χ4v) is 2.47. The molecule has 2 aromatic rings. The number of amides is 2. The van der Waals surface area contributed by atoms with E-state index in [9.17, 15) is 22.8 Å². The Morgan fingerprint density at radius 3 is 2.30 bits per heavy atom. The van der Waals surface area contributed by atoms with Gasteiger partial charge in [-0.1, -0.05) is 18.2 Å². The third kappa shape index (κ3) is 5.47. The summed E-state index contributed by atoms with van der Waals surface area (Å²) < 4.78 is 42.8. The Bertz CT molecular complexity index is 805. The molecule has 2 amide bonds. The summed E-state index contributed by atoms with van der Waals surface area (Å²) in [4.78, 5) is 24.0. The molecule has 144 valence electrons. The molecular weight excluding hydrogens is 361 g/mol. The van der Waals surface area contributed by atoms with Crippen LogP contribution in [0.15, 0.2) is 48.5 Å². The molecule has 27 heavy (non-hydrogen) atoms. The molecule has 2 N–H and O–H groups in total. The van der Waals surface area contributed by atoms with Gasteiger partial charge in [0, 0.05) is 11.1 Å². The molecule has 2 rings (SSSR count). The largest absolute Gasteiger partial charge is 0.496 e. The lowest BCUT2D eigenvalue weighted by atomic mass is 10.1. The molecule has 0 spiro atoms. The van der Waals surface area contributed by atoms with E-state index >= 15 is 0 Å². The summed E-state index contributed by atoms with van der Waals surface area (Å²) in [5.74, 6) is -0.448. The molecule has 0 heterocycles. The predicted octanol–water partition coefficient (Wildman–Crippen LogP) is 3.32. The first-order valence-electron chi connectivity index (χ1n) is 8.10. The van der Waals surface area contributed by atoms with Gasteiger partial charge in [-0.15, -0.1) is 0 Å². The lowest BCUT2D eigenvalue weighted by Crippen LogP contribution is -2.38. The van der Waals surface area contributed by atoms with Gasteiger partial charge in [0.1, 0.15) is 5.75 Å². The van der Waals surface area contributed by atoms with Crippen LogP contribution >= 0.6 is 0 Å². The van der Waals surface area contributed by atoms with Crippen LogP contribution in [0.3, 0.4) is 0 Å². The fraction of sp³-hybridized carbons (Fsp3) is 0.263. The number of nitrogens with one attached hydrogen (secondary N) is 2. The van der Waals surface area contributed by atoms with E-state index in [2.05, 4.69) is 10.6 Å². The quantitative estimate of drug-likeness (QED) is 0.808. The van der Waals surface area contributed by atoms with Crippen molar-refractivity contribution in [3.8, 4) is 5.75 Å². The summed E-state index contributed by atoms with van der Waals surface area (Å²) in [5.41, 5.74) is -0.0292. The normalized spacial score (nSPS) is 12.2. The number of halogens is 3. The highest BCUT2D eigenvalue weighted by atomic mass is 19.4. The number of ether oxygens (including phenoxy) is 1. The third-order valence-electron chi connectivity index (χ3n) is 3.87. The maximum absolute atomic E-state index is 12.5. The van der Waals surface area contributed by atoms with Crippen LogP contribution in [-0.4, -0.2) is 25.5 Å². The number of alkyl halides is 3. The molecule has 0 aliphatic carbocycles. The topological polar surface area (TPSA) is 67.4 Å². The first-order chi connectivity index (χ1) is 12.7. The second kappa shape index (κ2) is 8.57. The van der Waals surface area contributed by atoms with E-state index in [1.54, 1.807) is 19.1 Å². The Hall–Kier alpha value is -3.03. The third-order valence-corrected chi connectivity index (χ3v) is 3.87. The van der Waals surface area contributed by atoms with Gasteiger partial charge < -0.3 is 15.4 Å². The van der Waals surface area contributed by atoms with E-state index in [1.807, 2.05) is 12.1 Å². The number of rotatable bonds is 6. The number of benzene rings is 2. The zero-order valence-corrected chi connectivity index (χ0v) is 14.8. The molecule has 0 fully saturated rings. The van der Waals surface area contributed by atoms with Crippen molar-refractivity contribution in [3.63, 3.8) is 0 Å². The minimum Gasteiger partial charge on any atom is -0.496 e. The van der Waals surface area contributed by atoms with Crippen LogP contribution in [0.5, 0.6) is 5.75 Å². The molecular formula is C19H19F3N2O3. The molecule has 0 aliphatic rings. The van der Waals surface area contributed by atoms with Gasteiger partial charge in [-0.05, 0) is 37.3 Å². The minimum atomic E-state index is -4.47. The Labute approximate surface area is 154 Å². The number of carbonyl (C=O) groups is 2. The van der Waals surface area contributed by atoms with Crippen molar-refractivity contribution >= 4 is 11.8 Å². The summed E-state index contributed by atoms with van der Waals surface area (Å²) >= 11 is 0. The molecule has 0 aromatic heterocycles. The van der Waals surface area contributed by atoms with Crippen molar-refractivity contribution in [2.45, 2.75) is 19.1 Å². The van der Waals surface area contributed by atoms with Crippen molar-refractivity contribution in [2.24, 2.45) is 0 Å². The molecule has 1 atom stereocenters. The maximum atomic E-state index is 12.5. The van der Waals surface area contributed by atoms with E-state index in [1.165, 1.54) is 7.11 Å². The van der Waals surface area contributed by atoms with Gasteiger partial charge in [0.25, 0.3) is 5.91 Å². The van der Waals surface area contributed by atoms with Crippen molar-refractivity contribution in [2.75, 3.05) is 13.7 Å². The highest BCUT2D eigenvalue weighted by Crippen LogP contribution is 2.29. The summed E-state index contributed by atoms with van der Waals surface area (Å²) in [6.45, 7) is 1.47. The number of carbonyl (C=O) groups excluding carboxylic acids is 2. The number of para-hydroxylation sites is 1. The molecule has 5 nitrogen and oxygen atoms in total. The molecule has 8 heteroatoms. The van der Waals surface area contributed by atoms with Crippen LogP contribution in [0.25, 0.3) is 0 Å². The first-order valence-corrected chi connectivity index (χ1v) is 8.10. The zero-order valence-electron chi connectivity index (χ0n) is 14.8. The fourth-order valence-electron chi connectivity index (χ4n) is 2.47. The van der Waals surface area contributed by atoms with Crippen LogP contribution in [0.2, 0.25) is 0 Å². The monoisotopic (exact) mass is 380 g/mol. The lowest BCUT2D eigenvalue weighted by Gasteiger charge is -2.17. The number of methoxy groups -OCH3 is 1. The second-order valence-electron chi connectivity index (χ2n) is 5.79. The van der Waals surface area contributed by atoms with E-state index < -0.39 is 23.6 Å². The SMILES string of the molecule is COc1ccccc1[C@@H](C)NC(=O)CNC(=O)c1ccc(C(F)(F)F)cc1. The Balaban J connectivity index is 1.90. The van der Waals surface area contributed by atoms with E-state index in [4.69, 9.17) is 4.74 Å². The van der Waals surface area contributed by atoms with Gasteiger partial charge in [0.2, 0.25) is 5.91 Å². The van der Waals surface area contributed by atoms with Gasteiger partial charge >= 0.3 is 6.18 Å². The predicted molar refractivity (Wildman–Crippen MR) is 93.3 cm³/mol. The van der Waals surface area contributed by atoms with Gasteiger partial charge in [-0.3, -0.25) is 9.59 Å². The lowest BCUT2D eigenvalue weighted by molar-refractivity contribution is -0.137. The van der Waals surface area contributed by atoms with Crippen LogP contribution in [-0.2, 0) is 11.0 Å². The molecule has 0 aliphatic heterocycles. The molecule has 0 unspecified atom stereocenters. The minimum absolute atomic E-state index is 0.0357. The highest BCUT2D eigenvalue weighted by Gasteiger charge is 2.30. The summed E-state index contributed by atoms with van der Waals surface area (Å²) in [5, 5.41) is 5.10. The summed E-state index contributed by atoms with van der Waals surface area (Å²) in [6.07, 6.45) is -4.47. The molecule has 0 bridgehead atoms. The van der Waals surface area contributed by atoms with Crippen molar-refractivity contribution in [3.05, 3.63) is 65.2 Å². The number of hydrogen-bond donors (Lipinski definition) is 2. The van der Waals surface area contributed by atoms with E-state index in [0.717, 1.165) is 29.8 Å². The molecule has 0 radical (unpaired) electrons. The van der Waals surface area contributed by atoms with E-state index in [0.29, 0.717) is 5.75 Å². The van der Waals surface area contributed by atoms with Gasteiger partial charge in [-0.2, -0.15) is 13.2 Å². The summed E-state index contributed by atoms with van der Waals surface area (Å²) in [6, 6.07) is 10.6. The maximum Gasteiger partial charge on any atom is 0.416 e. The smallest absolute Gasteiger partial charge is 0.416 e. The van der Waals surface area contributed by atoms with Gasteiger partial charge in [0.05, 0.1) is 25.3 Å². The first kappa shape index (κ1) is 20.3.